The maximum atomic E-state index is 12.4. The number of carbonyl (C=O) groups excluding carboxylic acids is 1. The second-order valence-corrected chi connectivity index (χ2v) is 6.71. The molecular formula is C15H30N2O2. The molecule has 1 rings (SSSR count). The summed E-state index contributed by atoms with van der Waals surface area (Å²) in [5, 5.41) is 12.6. The Morgan fingerprint density at radius 2 is 1.84 bits per heavy atom. The summed E-state index contributed by atoms with van der Waals surface area (Å²) in [5.74, 6) is 0.201. The van der Waals surface area contributed by atoms with Crippen LogP contribution in [0.5, 0.6) is 0 Å². The molecule has 4 heteroatoms. The van der Waals surface area contributed by atoms with Crippen molar-refractivity contribution in [2.45, 2.75) is 65.5 Å². The first kappa shape index (κ1) is 16.4. The fraction of sp³-hybridized carbons (Fsp3) is 0.933. The van der Waals surface area contributed by atoms with Gasteiger partial charge in [0.25, 0.3) is 0 Å². The fourth-order valence-corrected chi connectivity index (χ4v) is 2.66. The quantitative estimate of drug-likeness (QED) is 0.800. The predicted molar refractivity (Wildman–Crippen MR) is 78.0 cm³/mol. The molecule has 0 aromatic rings. The zero-order chi connectivity index (χ0) is 14.5. The van der Waals surface area contributed by atoms with Gasteiger partial charge in [-0.25, -0.2) is 0 Å². The van der Waals surface area contributed by atoms with E-state index in [4.69, 9.17) is 5.11 Å². The molecule has 1 aliphatic heterocycles. The number of nitrogens with zero attached hydrogens (tertiary/aromatic N) is 1. The lowest BCUT2D eigenvalue weighted by molar-refractivity contribution is -0.134. The van der Waals surface area contributed by atoms with Gasteiger partial charge in [0.2, 0.25) is 5.91 Å². The average Bonchev–Trinajstić information content (AvgIpc) is 2.37. The van der Waals surface area contributed by atoms with Gasteiger partial charge in [-0.3, -0.25) is 4.79 Å². The molecule has 1 heterocycles. The smallest absolute Gasteiger partial charge is 0.239 e. The van der Waals surface area contributed by atoms with Crippen molar-refractivity contribution in [2.75, 3.05) is 19.7 Å². The first-order valence-electron chi connectivity index (χ1n) is 7.52. The minimum absolute atomic E-state index is 0.0408. The topological polar surface area (TPSA) is 52.6 Å². The SMILES string of the molecule is CC(NC(CCO)C(C)(C)C)C(=O)N1CCCCC1. The molecule has 0 aliphatic carbocycles. The molecule has 0 aromatic heterocycles. The Bertz CT molecular complexity index is 280. The minimum Gasteiger partial charge on any atom is -0.396 e. The number of likely N-dealkylation sites (tertiary alicyclic amines) is 1. The third kappa shape index (κ3) is 5.11. The number of hydrogen-bond donors (Lipinski definition) is 2. The Morgan fingerprint density at radius 3 is 2.32 bits per heavy atom. The highest BCUT2D eigenvalue weighted by molar-refractivity contribution is 5.81. The van der Waals surface area contributed by atoms with E-state index in [1.54, 1.807) is 0 Å². The third-order valence-electron chi connectivity index (χ3n) is 3.95. The van der Waals surface area contributed by atoms with Crippen LogP contribution in [-0.4, -0.2) is 47.7 Å². The van der Waals surface area contributed by atoms with Crippen LogP contribution in [-0.2, 0) is 4.79 Å². The Balaban J connectivity index is 2.55. The van der Waals surface area contributed by atoms with E-state index in [9.17, 15) is 4.79 Å². The highest BCUT2D eigenvalue weighted by atomic mass is 16.3. The molecule has 1 fully saturated rings. The molecule has 4 nitrogen and oxygen atoms in total. The van der Waals surface area contributed by atoms with Gasteiger partial charge in [-0.05, 0) is 38.0 Å². The number of aliphatic hydroxyl groups is 1. The van der Waals surface area contributed by atoms with E-state index in [1.807, 2.05) is 11.8 Å². The fourth-order valence-electron chi connectivity index (χ4n) is 2.66. The van der Waals surface area contributed by atoms with Gasteiger partial charge in [-0.1, -0.05) is 20.8 Å². The molecule has 2 unspecified atom stereocenters. The van der Waals surface area contributed by atoms with Gasteiger partial charge in [0.1, 0.15) is 0 Å². The average molecular weight is 270 g/mol. The number of piperidine rings is 1. The van der Waals surface area contributed by atoms with Crippen LogP contribution in [0.1, 0.15) is 53.4 Å². The number of hydrogen-bond acceptors (Lipinski definition) is 3. The Hall–Kier alpha value is -0.610. The molecule has 112 valence electrons. The molecule has 19 heavy (non-hydrogen) atoms. The van der Waals surface area contributed by atoms with Crippen molar-refractivity contribution >= 4 is 5.91 Å². The lowest BCUT2D eigenvalue weighted by Crippen LogP contribution is -2.53. The van der Waals surface area contributed by atoms with Gasteiger partial charge < -0.3 is 15.3 Å². The van der Waals surface area contributed by atoms with Crippen LogP contribution in [0.4, 0.5) is 0 Å². The van der Waals surface area contributed by atoms with E-state index < -0.39 is 0 Å². The molecule has 0 aromatic carbocycles. The van der Waals surface area contributed by atoms with Crippen molar-refractivity contribution in [2.24, 2.45) is 5.41 Å². The van der Waals surface area contributed by atoms with Gasteiger partial charge in [0, 0.05) is 25.7 Å². The number of aliphatic hydroxyl groups excluding tert-OH is 1. The largest absolute Gasteiger partial charge is 0.396 e. The molecule has 2 N–H and O–H groups in total. The van der Waals surface area contributed by atoms with E-state index in [0.29, 0.717) is 6.42 Å². The summed E-state index contributed by atoms with van der Waals surface area (Å²) in [6.45, 7) is 10.3. The zero-order valence-electron chi connectivity index (χ0n) is 12.9. The normalized spacial score (nSPS) is 20.2. The third-order valence-corrected chi connectivity index (χ3v) is 3.95. The van der Waals surface area contributed by atoms with E-state index in [1.165, 1.54) is 6.42 Å². The second-order valence-electron chi connectivity index (χ2n) is 6.71. The second kappa shape index (κ2) is 7.25. The van der Waals surface area contributed by atoms with Crippen LogP contribution in [0.15, 0.2) is 0 Å². The molecule has 0 spiro atoms. The molecular weight excluding hydrogens is 240 g/mol. The van der Waals surface area contributed by atoms with Crippen LogP contribution >= 0.6 is 0 Å². The summed E-state index contributed by atoms with van der Waals surface area (Å²) in [4.78, 5) is 14.3. The molecule has 1 saturated heterocycles. The lowest BCUT2D eigenvalue weighted by atomic mass is 9.84. The van der Waals surface area contributed by atoms with Gasteiger partial charge in [-0.2, -0.15) is 0 Å². The van der Waals surface area contributed by atoms with Crippen molar-refractivity contribution < 1.29 is 9.90 Å². The Kier molecular flexibility index (Phi) is 6.27. The number of amides is 1. The van der Waals surface area contributed by atoms with E-state index >= 15 is 0 Å². The van der Waals surface area contributed by atoms with Crippen LogP contribution in [0.2, 0.25) is 0 Å². The molecule has 1 amide bonds. The first-order valence-corrected chi connectivity index (χ1v) is 7.52. The lowest BCUT2D eigenvalue weighted by Gasteiger charge is -2.36. The summed E-state index contributed by atoms with van der Waals surface area (Å²) in [6.07, 6.45) is 4.16. The van der Waals surface area contributed by atoms with Crippen molar-refractivity contribution in [3.63, 3.8) is 0 Å². The molecule has 2 atom stereocenters. The van der Waals surface area contributed by atoms with Crippen molar-refractivity contribution in [1.29, 1.82) is 0 Å². The zero-order valence-corrected chi connectivity index (χ0v) is 12.9. The monoisotopic (exact) mass is 270 g/mol. The van der Waals surface area contributed by atoms with Gasteiger partial charge in [-0.15, -0.1) is 0 Å². The van der Waals surface area contributed by atoms with Crippen LogP contribution in [0.3, 0.4) is 0 Å². The van der Waals surface area contributed by atoms with E-state index in [0.717, 1.165) is 25.9 Å². The molecule has 0 bridgehead atoms. The van der Waals surface area contributed by atoms with Gasteiger partial charge in [0.15, 0.2) is 0 Å². The van der Waals surface area contributed by atoms with Gasteiger partial charge >= 0.3 is 0 Å². The number of nitrogens with one attached hydrogen (secondary N) is 1. The summed E-state index contributed by atoms with van der Waals surface area (Å²) < 4.78 is 0. The number of rotatable bonds is 5. The maximum absolute atomic E-state index is 12.4. The van der Waals surface area contributed by atoms with E-state index in [-0.39, 0.29) is 30.0 Å². The van der Waals surface area contributed by atoms with Crippen LogP contribution in [0, 0.1) is 5.41 Å². The first-order chi connectivity index (χ1) is 8.86. The Morgan fingerprint density at radius 1 is 1.26 bits per heavy atom. The van der Waals surface area contributed by atoms with Crippen molar-refractivity contribution in [3.05, 3.63) is 0 Å². The predicted octanol–water partition coefficient (Wildman–Crippen LogP) is 1.77. The number of carbonyl (C=O) groups is 1. The molecule has 0 radical (unpaired) electrons. The molecule has 1 aliphatic rings. The highest BCUT2D eigenvalue weighted by Gasteiger charge is 2.29. The van der Waals surface area contributed by atoms with Crippen LogP contribution in [0.25, 0.3) is 0 Å². The maximum Gasteiger partial charge on any atom is 0.239 e. The summed E-state index contributed by atoms with van der Waals surface area (Å²) in [5.41, 5.74) is 0.0408. The summed E-state index contributed by atoms with van der Waals surface area (Å²) >= 11 is 0. The summed E-state index contributed by atoms with van der Waals surface area (Å²) in [6, 6.07) is -0.0184. The van der Waals surface area contributed by atoms with Gasteiger partial charge in [0.05, 0.1) is 6.04 Å². The van der Waals surface area contributed by atoms with E-state index in [2.05, 4.69) is 26.1 Å². The standard InChI is InChI=1S/C15H30N2O2/c1-12(14(19)17-9-6-5-7-10-17)16-13(8-11-18)15(2,3)4/h12-13,16,18H,5-11H2,1-4H3. The van der Waals surface area contributed by atoms with Crippen molar-refractivity contribution in [1.82, 2.24) is 10.2 Å². The van der Waals surface area contributed by atoms with Crippen LogP contribution < -0.4 is 5.32 Å². The minimum atomic E-state index is -0.172. The highest BCUT2D eigenvalue weighted by Crippen LogP contribution is 2.22. The molecule has 0 saturated carbocycles. The van der Waals surface area contributed by atoms with Crippen molar-refractivity contribution in [3.8, 4) is 0 Å². The summed E-state index contributed by atoms with van der Waals surface area (Å²) in [7, 11) is 0. The Labute approximate surface area is 117 Å².